The van der Waals surface area contributed by atoms with Crippen molar-refractivity contribution in [3.8, 4) is 0 Å². The molecule has 0 rings (SSSR count). The van der Waals surface area contributed by atoms with Crippen molar-refractivity contribution in [1.29, 1.82) is 0 Å². The van der Waals surface area contributed by atoms with Gasteiger partial charge in [0.15, 0.2) is 0 Å². The molecule has 129 valence electrons. The van der Waals surface area contributed by atoms with Gasteiger partial charge in [0.25, 0.3) is 5.09 Å². The van der Waals surface area contributed by atoms with Gasteiger partial charge < -0.3 is 21.1 Å². The predicted octanol–water partition coefficient (Wildman–Crippen LogP) is 4.41. The molecule has 10 heteroatoms. The minimum atomic E-state index is -0.796. The number of rotatable bonds is 12. The summed E-state index contributed by atoms with van der Waals surface area (Å²) in [5.74, 6) is 0.966. The molecule has 0 aromatic heterocycles. The SMILES string of the molecule is CCCC(CCC)C([NH-])=O.[NH-]CCSSCCO[N+](=O)[O-].[Y]. The van der Waals surface area contributed by atoms with E-state index in [-0.39, 0.29) is 51.1 Å². The van der Waals surface area contributed by atoms with E-state index in [0.717, 1.165) is 31.4 Å². The Labute approximate surface area is 165 Å². The molecule has 0 aliphatic carbocycles. The first-order valence-corrected chi connectivity index (χ1v) is 9.40. The summed E-state index contributed by atoms with van der Waals surface area (Å²) in [5.41, 5.74) is 13.7. The number of amides is 1. The second-order valence-corrected chi connectivity index (χ2v) is 6.79. The summed E-state index contributed by atoms with van der Waals surface area (Å²) in [4.78, 5) is 24.3. The third kappa shape index (κ3) is 22.7. The molecule has 0 saturated heterocycles. The summed E-state index contributed by atoms with van der Waals surface area (Å²) in [5, 5.41) is 8.83. The minimum absolute atomic E-state index is 0. The first-order valence-electron chi connectivity index (χ1n) is 6.91. The maximum atomic E-state index is 10.6. The minimum Gasteiger partial charge on any atom is -0.677 e. The van der Waals surface area contributed by atoms with E-state index in [1.54, 1.807) is 0 Å². The number of carbonyl (C=O) groups excluding carboxylic acids is 1. The van der Waals surface area contributed by atoms with Crippen LogP contribution in [0, 0.1) is 16.0 Å². The van der Waals surface area contributed by atoms with Crippen LogP contribution < -0.4 is 0 Å². The number of nitrogens with zero attached hydrogens (tertiary/aromatic N) is 1. The van der Waals surface area contributed by atoms with Crippen molar-refractivity contribution >= 4 is 27.5 Å². The maximum absolute atomic E-state index is 10.6. The van der Waals surface area contributed by atoms with Crippen LogP contribution in [0.3, 0.4) is 0 Å². The fourth-order valence-corrected chi connectivity index (χ4v) is 3.03. The largest absolute Gasteiger partial charge is 0.677 e. The van der Waals surface area contributed by atoms with Crippen LogP contribution in [0.4, 0.5) is 0 Å². The molecule has 0 saturated carbocycles. The van der Waals surface area contributed by atoms with E-state index in [4.69, 9.17) is 11.5 Å². The van der Waals surface area contributed by atoms with Crippen LogP contribution >= 0.6 is 21.6 Å². The molecular formula is C12H25N3O4S2Y-2. The maximum Gasteiger partial charge on any atom is 0.294 e. The molecule has 0 bridgehead atoms. The van der Waals surface area contributed by atoms with Crippen LogP contribution in [0.1, 0.15) is 39.5 Å². The molecule has 7 nitrogen and oxygen atoms in total. The number of carbonyl (C=O) groups is 1. The van der Waals surface area contributed by atoms with Crippen molar-refractivity contribution in [2.45, 2.75) is 39.5 Å². The van der Waals surface area contributed by atoms with E-state index in [0.29, 0.717) is 12.3 Å². The summed E-state index contributed by atoms with van der Waals surface area (Å²) in [6.45, 7) is 4.60. The standard InChI is InChI=1S/C8H17NO.C4H9N2O3S2.Y/c1-3-5-7(6-4-2)8(9)10;5-1-3-10-11-4-2-9-6(7)8;/h7H,3-6H2,1-2H3,(H2,9,10);5H,1-4H2;/q;-1;/p-1. The van der Waals surface area contributed by atoms with Gasteiger partial charge in [-0.2, -0.15) is 0 Å². The summed E-state index contributed by atoms with van der Waals surface area (Å²) < 4.78 is 0. The van der Waals surface area contributed by atoms with Crippen molar-refractivity contribution in [3.05, 3.63) is 21.6 Å². The topological polar surface area (TPSA) is 117 Å². The molecule has 1 amide bonds. The van der Waals surface area contributed by atoms with E-state index in [1.807, 2.05) is 13.8 Å². The Morgan fingerprint density at radius 2 is 1.73 bits per heavy atom. The Kier molecular flexibility index (Phi) is 26.6. The van der Waals surface area contributed by atoms with Crippen molar-refractivity contribution in [2.75, 3.05) is 24.7 Å². The smallest absolute Gasteiger partial charge is 0.294 e. The van der Waals surface area contributed by atoms with Crippen molar-refractivity contribution < 1.29 is 47.4 Å². The molecule has 0 aliphatic heterocycles. The normalized spacial score (nSPS) is 9.45. The third-order valence-corrected chi connectivity index (χ3v) is 4.65. The number of hydrogen-bond donors (Lipinski definition) is 0. The monoisotopic (exact) mass is 428 g/mol. The molecule has 0 aliphatic rings. The van der Waals surface area contributed by atoms with Gasteiger partial charge in [-0.1, -0.05) is 48.3 Å². The molecule has 0 unspecified atom stereocenters. The van der Waals surface area contributed by atoms with Crippen molar-refractivity contribution in [1.82, 2.24) is 0 Å². The average Bonchev–Trinajstić information content (AvgIpc) is 2.43. The van der Waals surface area contributed by atoms with Gasteiger partial charge in [-0.25, -0.2) is 0 Å². The number of nitrogens with one attached hydrogen (secondary N) is 2. The van der Waals surface area contributed by atoms with Crippen LogP contribution in [0.25, 0.3) is 11.5 Å². The molecule has 0 aromatic carbocycles. The fourth-order valence-electron chi connectivity index (χ4n) is 1.41. The Morgan fingerprint density at radius 3 is 2.09 bits per heavy atom. The van der Waals surface area contributed by atoms with Crippen LogP contribution in [0.15, 0.2) is 0 Å². The molecule has 0 atom stereocenters. The van der Waals surface area contributed by atoms with Crippen molar-refractivity contribution in [3.63, 3.8) is 0 Å². The van der Waals surface area contributed by atoms with Gasteiger partial charge in [0.05, 0.1) is 5.91 Å². The van der Waals surface area contributed by atoms with E-state index >= 15 is 0 Å². The molecule has 0 fully saturated rings. The van der Waals surface area contributed by atoms with Crippen LogP contribution in [0.2, 0.25) is 0 Å². The summed E-state index contributed by atoms with van der Waals surface area (Å²) in [6.07, 6.45) is 3.79. The van der Waals surface area contributed by atoms with Gasteiger partial charge in [0.1, 0.15) is 6.61 Å². The Balaban J connectivity index is -0.000000315. The zero-order chi connectivity index (χ0) is 16.5. The predicted molar refractivity (Wildman–Crippen MR) is 89.7 cm³/mol. The summed E-state index contributed by atoms with van der Waals surface area (Å²) in [7, 11) is 3.02. The first-order chi connectivity index (χ1) is 9.99. The summed E-state index contributed by atoms with van der Waals surface area (Å²) in [6, 6.07) is 0. The van der Waals surface area contributed by atoms with Gasteiger partial charge in [0.2, 0.25) is 0 Å². The second-order valence-electron chi connectivity index (χ2n) is 4.09. The molecule has 22 heavy (non-hydrogen) atoms. The van der Waals surface area contributed by atoms with Gasteiger partial charge in [-0.05, 0) is 18.6 Å². The first kappa shape index (κ1) is 27.3. The zero-order valence-electron chi connectivity index (χ0n) is 13.2. The van der Waals surface area contributed by atoms with Gasteiger partial charge in [-0.15, -0.1) is 16.7 Å². The summed E-state index contributed by atoms with van der Waals surface area (Å²) >= 11 is 0. The molecule has 0 spiro atoms. The van der Waals surface area contributed by atoms with Crippen LogP contribution in [-0.4, -0.2) is 35.7 Å². The fraction of sp³-hybridized carbons (Fsp3) is 0.917. The van der Waals surface area contributed by atoms with Gasteiger partial charge in [-0.3, -0.25) is 0 Å². The van der Waals surface area contributed by atoms with E-state index in [9.17, 15) is 14.9 Å². The Bertz CT molecular complexity index is 271. The molecular weight excluding hydrogens is 403 g/mol. The van der Waals surface area contributed by atoms with Crippen LogP contribution in [-0.2, 0) is 42.3 Å². The van der Waals surface area contributed by atoms with E-state index in [1.165, 1.54) is 21.6 Å². The van der Waals surface area contributed by atoms with Gasteiger partial charge >= 0.3 is 0 Å². The Morgan fingerprint density at radius 1 is 1.23 bits per heavy atom. The van der Waals surface area contributed by atoms with Crippen molar-refractivity contribution in [2.24, 2.45) is 5.92 Å². The quantitative estimate of drug-likeness (QED) is 0.197. The number of hydrogen-bond acceptors (Lipinski definition) is 6. The molecule has 0 heterocycles. The van der Waals surface area contributed by atoms with Crippen LogP contribution in [0.5, 0.6) is 0 Å². The average molecular weight is 428 g/mol. The van der Waals surface area contributed by atoms with E-state index in [2.05, 4.69) is 4.84 Å². The second kappa shape index (κ2) is 21.4. The van der Waals surface area contributed by atoms with Gasteiger partial charge in [0, 0.05) is 44.4 Å². The van der Waals surface area contributed by atoms with E-state index < -0.39 is 5.09 Å². The Hall–Kier alpha value is 0.434. The molecule has 2 N–H and O–H groups in total. The molecule has 1 radical (unpaired) electrons. The third-order valence-electron chi connectivity index (χ3n) is 2.28. The molecule has 0 aromatic rings. The zero-order valence-corrected chi connectivity index (χ0v) is 17.7.